The van der Waals surface area contributed by atoms with Crippen LogP contribution < -0.4 is 10.6 Å². The Kier molecular flexibility index (Phi) is 7.41. The fraction of sp³-hybridized carbons (Fsp3) is 0.438. The summed E-state index contributed by atoms with van der Waals surface area (Å²) < 4.78 is 37.7. The van der Waals surface area contributed by atoms with Gasteiger partial charge in [-0.05, 0) is 30.2 Å². The Balaban J connectivity index is 2.84. The van der Waals surface area contributed by atoms with E-state index in [0.29, 0.717) is 0 Å². The summed E-state index contributed by atoms with van der Waals surface area (Å²) in [6.45, 7) is 3.19. The highest BCUT2D eigenvalue weighted by Crippen LogP contribution is 2.09. The average Bonchev–Trinajstić information content (AvgIpc) is 2.51. The van der Waals surface area contributed by atoms with Gasteiger partial charge in [0, 0.05) is 12.0 Å². The number of hydrogen-bond acceptors (Lipinski definition) is 3. The third kappa shape index (κ3) is 6.44. The number of alkyl halides is 2. The minimum Gasteiger partial charge on any atom is -0.480 e. The van der Waals surface area contributed by atoms with Crippen molar-refractivity contribution in [3.63, 3.8) is 0 Å². The van der Waals surface area contributed by atoms with E-state index in [4.69, 9.17) is 5.11 Å². The van der Waals surface area contributed by atoms with Crippen LogP contribution in [0.4, 0.5) is 13.2 Å². The molecular weight excluding hydrogens is 341 g/mol. The fourth-order valence-corrected chi connectivity index (χ4v) is 2.02. The zero-order valence-electron chi connectivity index (χ0n) is 13.6. The normalized spacial score (nSPS) is 13.4. The molecule has 0 aliphatic rings. The Hall–Kier alpha value is -2.58. The van der Waals surface area contributed by atoms with Gasteiger partial charge in [-0.15, -0.1) is 0 Å². The maximum absolute atomic E-state index is 12.9. The molecule has 0 heterocycles. The lowest BCUT2D eigenvalue weighted by Gasteiger charge is -2.24. The Morgan fingerprint density at radius 2 is 1.64 bits per heavy atom. The van der Waals surface area contributed by atoms with E-state index in [1.807, 2.05) is 5.32 Å². The lowest BCUT2D eigenvalue weighted by atomic mass is 10.0. The maximum Gasteiger partial charge on any atom is 0.326 e. The minimum absolute atomic E-state index is 0.0993. The van der Waals surface area contributed by atoms with Gasteiger partial charge in [0.2, 0.25) is 12.3 Å². The zero-order valence-corrected chi connectivity index (χ0v) is 13.6. The second-order valence-corrected chi connectivity index (χ2v) is 5.73. The van der Waals surface area contributed by atoms with Crippen molar-refractivity contribution in [1.29, 1.82) is 0 Å². The summed E-state index contributed by atoms with van der Waals surface area (Å²) in [6.07, 6.45) is -3.95. The maximum atomic E-state index is 12.9. The fourth-order valence-electron chi connectivity index (χ4n) is 2.02. The van der Waals surface area contributed by atoms with Crippen molar-refractivity contribution in [3.8, 4) is 0 Å². The zero-order chi connectivity index (χ0) is 19.1. The van der Waals surface area contributed by atoms with E-state index >= 15 is 0 Å². The topological polar surface area (TPSA) is 95.5 Å². The van der Waals surface area contributed by atoms with E-state index in [1.165, 1.54) is 12.1 Å². The first-order chi connectivity index (χ1) is 11.6. The van der Waals surface area contributed by atoms with Gasteiger partial charge in [0.15, 0.2) is 0 Å². The summed E-state index contributed by atoms with van der Waals surface area (Å²) in [4.78, 5) is 35.3. The van der Waals surface area contributed by atoms with Crippen LogP contribution in [0.15, 0.2) is 24.3 Å². The average molecular weight is 360 g/mol. The molecule has 0 radical (unpaired) electrons. The summed E-state index contributed by atoms with van der Waals surface area (Å²) in [5.74, 6) is -4.13. The van der Waals surface area contributed by atoms with Gasteiger partial charge in [-0.1, -0.05) is 13.8 Å². The monoisotopic (exact) mass is 360 g/mol. The number of carbonyl (C=O) groups is 3. The molecule has 0 fully saturated rings. The number of hydrogen-bond donors (Lipinski definition) is 3. The van der Waals surface area contributed by atoms with Crippen LogP contribution in [0.25, 0.3) is 0 Å². The van der Waals surface area contributed by atoms with Crippen molar-refractivity contribution in [2.24, 2.45) is 5.92 Å². The largest absolute Gasteiger partial charge is 0.480 e. The number of aliphatic carboxylic acids is 1. The van der Waals surface area contributed by atoms with Crippen LogP contribution >= 0.6 is 0 Å². The smallest absolute Gasteiger partial charge is 0.326 e. The molecule has 6 nitrogen and oxygen atoms in total. The molecular formula is C16H19F3N2O4. The molecule has 9 heteroatoms. The standard InChI is InChI=1S/C16H19F3N2O4/c1-8(2)13(15(23)20-11(16(24)25)7-12(18)19)21-14(22)9-3-5-10(17)6-4-9/h3-6,8,11-13H,7H2,1-2H3,(H,20,23)(H,21,22)(H,24,25). The minimum atomic E-state index is -2.91. The van der Waals surface area contributed by atoms with Crippen molar-refractivity contribution >= 4 is 17.8 Å². The number of halogens is 3. The molecule has 3 N–H and O–H groups in total. The molecule has 0 aromatic heterocycles. The predicted octanol–water partition coefficient (Wildman–Crippen LogP) is 1.80. The molecule has 1 rings (SSSR count). The molecule has 2 unspecified atom stereocenters. The molecule has 2 amide bonds. The third-order valence-corrected chi connectivity index (χ3v) is 3.37. The second kappa shape index (κ2) is 9.05. The highest BCUT2D eigenvalue weighted by molar-refractivity contribution is 5.98. The van der Waals surface area contributed by atoms with Crippen molar-refractivity contribution in [2.75, 3.05) is 0 Å². The molecule has 0 saturated heterocycles. The van der Waals surface area contributed by atoms with Crippen LogP contribution in [0.3, 0.4) is 0 Å². The van der Waals surface area contributed by atoms with Crippen LogP contribution in [-0.4, -0.2) is 41.4 Å². The molecule has 0 spiro atoms. The van der Waals surface area contributed by atoms with E-state index in [1.54, 1.807) is 13.8 Å². The Morgan fingerprint density at radius 1 is 1.08 bits per heavy atom. The summed E-state index contributed by atoms with van der Waals surface area (Å²) in [6, 6.07) is 1.67. The van der Waals surface area contributed by atoms with Gasteiger partial charge in [-0.3, -0.25) is 9.59 Å². The SMILES string of the molecule is CC(C)C(NC(=O)c1ccc(F)cc1)C(=O)NC(CC(F)F)C(=O)O. The van der Waals surface area contributed by atoms with Crippen molar-refractivity contribution in [3.05, 3.63) is 35.6 Å². The Bertz CT molecular complexity index is 620. The number of rotatable bonds is 8. The van der Waals surface area contributed by atoms with E-state index in [9.17, 15) is 27.6 Å². The molecule has 1 aromatic rings. The molecule has 25 heavy (non-hydrogen) atoms. The summed E-state index contributed by atoms with van der Waals surface area (Å²) in [5, 5.41) is 13.3. The molecule has 138 valence electrons. The van der Waals surface area contributed by atoms with Crippen molar-refractivity contribution < 1.29 is 32.7 Å². The first kappa shape index (κ1) is 20.5. The number of nitrogens with one attached hydrogen (secondary N) is 2. The van der Waals surface area contributed by atoms with Gasteiger partial charge >= 0.3 is 5.97 Å². The first-order valence-electron chi connectivity index (χ1n) is 7.49. The van der Waals surface area contributed by atoms with E-state index < -0.39 is 54.4 Å². The van der Waals surface area contributed by atoms with Gasteiger partial charge in [-0.2, -0.15) is 0 Å². The molecule has 0 aliphatic carbocycles. The number of carboxylic acids is 1. The van der Waals surface area contributed by atoms with Crippen LogP contribution in [0.5, 0.6) is 0 Å². The molecule has 1 aromatic carbocycles. The number of benzene rings is 1. The highest BCUT2D eigenvalue weighted by atomic mass is 19.3. The van der Waals surface area contributed by atoms with Gasteiger partial charge in [-0.25, -0.2) is 18.0 Å². The summed E-state index contributed by atoms with van der Waals surface area (Å²) in [7, 11) is 0. The molecule has 0 saturated carbocycles. The quantitative estimate of drug-likeness (QED) is 0.659. The van der Waals surface area contributed by atoms with Crippen LogP contribution in [0.2, 0.25) is 0 Å². The van der Waals surface area contributed by atoms with Gasteiger partial charge in [0.25, 0.3) is 5.91 Å². The second-order valence-electron chi connectivity index (χ2n) is 5.73. The van der Waals surface area contributed by atoms with E-state index in [2.05, 4.69) is 5.32 Å². The molecule has 0 aliphatic heterocycles. The third-order valence-electron chi connectivity index (χ3n) is 3.37. The predicted molar refractivity (Wildman–Crippen MR) is 82.7 cm³/mol. The number of amides is 2. The van der Waals surface area contributed by atoms with Gasteiger partial charge in [0.05, 0.1) is 0 Å². The highest BCUT2D eigenvalue weighted by Gasteiger charge is 2.30. The Labute approximate surface area is 142 Å². The van der Waals surface area contributed by atoms with Crippen molar-refractivity contribution in [1.82, 2.24) is 10.6 Å². The lowest BCUT2D eigenvalue weighted by molar-refractivity contribution is -0.143. The number of carbonyl (C=O) groups excluding carboxylic acids is 2. The van der Waals surface area contributed by atoms with Gasteiger partial charge < -0.3 is 15.7 Å². The Morgan fingerprint density at radius 3 is 2.08 bits per heavy atom. The van der Waals surface area contributed by atoms with Crippen LogP contribution in [0.1, 0.15) is 30.6 Å². The first-order valence-corrected chi connectivity index (χ1v) is 7.49. The van der Waals surface area contributed by atoms with E-state index in [-0.39, 0.29) is 5.56 Å². The number of carboxylic acid groups (broad SMARTS) is 1. The van der Waals surface area contributed by atoms with Crippen LogP contribution in [-0.2, 0) is 9.59 Å². The summed E-state index contributed by atoms with van der Waals surface area (Å²) in [5.41, 5.74) is 0.0993. The van der Waals surface area contributed by atoms with E-state index in [0.717, 1.165) is 12.1 Å². The lowest BCUT2D eigenvalue weighted by Crippen LogP contribution is -2.54. The summed E-state index contributed by atoms with van der Waals surface area (Å²) >= 11 is 0. The molecule has 2 atom stereocenters. The van der Waals surface area contributed by atoms with Crippen LogP contribution in [0, 0.1) is 11.7 Å². The van der Waals surface area contributed by atoms with Gasteiger partial charge in [0.1, 0.15) is 17.9 Å². The molecule has 0 bridgehead atoms. The van der Waals surface area contributed by atoms with Crippen molar-refractivity contribution in [2.45, 2.75) is 38.8 Å².